The van der Waals surface area contributed by atoms with E-state index in [9.17, 15) is 13.2 Å². The molecule has 0 aliphatic heterocycles. The van der Waals surface area contributed by atoms with Crippen molar-refractivity contribution in [3.63, 3.8) is 0 Å². The van der Waals surface area contributed by atoms with Crippen LogP contribution in [0.4, 0.5) is 5.69 Å². The summed E-state index contributed by atoms with van der Waals surface area (Å²) in [5.41, 5.74) is 3.60. The number of hydrogen-bond donors (Lipinski definition) is 2. The fourth-order valence-electron chi connectivity index (χ4n) is 2.64. The van der Waals surface area contributed by atoms with Gasteiger partial charge in [0.1, 0.15) is 5.75 Å². The Bertz CT molecular complexity index is 1200. The van der Waals surface area contributed by atoms with Gasteiger partial charge in [-0.1, -0.05) is 29.8 Å². The molecule has 0 aromatic heterocycles. The van der Waals surface area contributed by atoms with Crippen LogP contribution >= 0.6 is 11.6 Å². The normalized spacial score (nSPS) is 11.3. The van der Waals surface area contributed by atoms with Crippen molar-refractivity contribution >= 4 is 39.4 Å². The van der Waals surface area contributed by atoms with Crippen molar-refractivity contribution in [2.24, 2.45) is 5.10 Å². The number of ether oxygens (including phenoxy) is 1. The summed E-state index contributed by atoms with van der Waals surface area (Å²) in [5, 5.41) is 4.44. The lowest BCUT2D eigenvalue weighted by molar-refractivity contribution is 0.0955. The van der Waals surface area contributed by atoms with Crippen molar-refractivity contribution < 1.29 is 17.9 Å². The molecule has 0 fully saturated rings. The Kier molecular flexibility index (Phi) is 7.28. The SMILES string of the molecule is CCOc1ccccc1C=NNC(=O)c1cccc(S(=O)(=O)Nc2ccc(Cl)cc2)c1. The number of sulfonamides is 1. The first kappa shape index (κ1) is 22.3. The van der Waals surface area contributed by atoms with E-state index >= 15 is 0 Å². The van der Waals surface area contributed by atoms with Gasteiger partial charge in [0.05, 0.1) is 17.7 Å². The first-order valence-electron chi connectivity index (χ1n) is 9.33. The van der Waals surface area contributed by atoms with Crippen LogP contribution < -0.4 is 14.9 Å². The minimum atomic E-state index is -3.89. The number of para-hydroxylation sites is 1. The maximum Gasteiger partial charge on any atom is 0.271 e. The van der Waals surface area contributed by atoms with Crippen LogP contribution in [0.3, 0.4) is 0 Å². The van der Waals surface area contributed by atoms with E-state index < -0.39 is 15.9 Å². The summed E-state index contributed by atoms with van der Waals surface area (Å²) in [5.74, 6) is 0.0954. The molecule has 7 nitrogen and oxygen atoms in total. The van der Waals surface area contributed by atoms with Gasteiger partial charge in [-0.25, -0.2) is 13.8 Å². The van der Waals surface area contributed by atoms with E-state index in [1.165, 1.54) is 30.5 Å². The Labute approximate surface area is 185 Å². The van der Waals surface area contributed by atoms with Crippen LogP contribution in [-0.2, 0) is 10.0 Å². The summed E-state index contributed by atoms with van der Waals surface area (Å²) in [4.78, 5) is 12.4. The molecule has 0 saturated heterocycles. The fourth-order valence-corrected chi connectivity index (χ4v) is 3.87. The van der Waals surface area contributed by atoms with Gasteiger partial charge in [-0.15, -0.1) is 0 Å². The largest absolute Gasteiger partial charge is 0.493 e. The number of carbonyl (C=O) groups excluding carboxylic acids is 1. The number of rotatable bonds is 8. The summed E-state index contributed by atoms with van der Waals surface area (Å²) < 4.78 is 33.2. The van der Waals surface area contributed by atoms with Crippen LogP contribution in [0.1, 0.15) is 22.8 Å². The molecule has 3 aromatic rings. The van der Waals surface area contributed by atoms with E-state index in [-0.39, 0.29) is 10.5 Å². The Hall–Kier alpha value is -3.36. The third-order valence-electron chi connectivity index (χ3n) is 4.09. The highest BCUT2D eigenvalue weighted by Crippen LogP contribution is 2.19. The predicted molar refractivity (Wildman–Crippen MR) is 121 cm³/mol. The van der Waals surface area contributed by atoms with Crippen LogP contribution in [0.5, 0.6) is 5.75 Å². The average Bonchev–Trinajstić information content (AvgIpc) is 2.76. The topological polar surface area (TPSA) is 96.9 Å². The molecule has 0 spiro atoms. The zero-order valence-electron chi connectivity index (χ0n) is 16.6. The van der Waals surface area contributed by atoms with Gasteiger partial charge in [0, 0.05) is 21.8 Å². The van der Waals surface area contributed by atoms with Gasteiger partial charge >= 0.3 is 0 Å². The highest BCUT2D eigenvalue weighted by atomic mass is 35.5. The Morgan fingerprint density at radius 3 is 2.55 bits per heavy atom. The standard InChI is InChI=1S/C22H20ClN3O4S/c1-2-30-21-9-4-3-6-17(21)15-24-25-22(27)16-7-5-8-20(14-16)31(28,29)26-19-12-10-18(23)11-13-19/h3-15,26H,2H2,1H3,(H,25,27). The molecule has 0 aliphatic carbocycles. The third kappa shape index (κ3) is 6.07. The first-order chi connectivity index (χ1) is 14.9. The number of halogens is 1. The number of nitrogens with one attached hydrogen (secondary N) is 2. The van der Waals surface area contributed by atoms with E-state index in [1.54, 1.807) is 36.4 Å². The van der Waals surface area contributed by atoms with Crippen molar-refractivity contribution in [2.75, 3.05) is 11.3 Å². The average molecular weight is 458 g/mol. The molecule has 0 bridgehead atoms. The van der Waals surface area contributed by atoms with Crippen LogP contribution in [-0.4, -0.2) is 27.1 Å². The van der Waals surface area contributed by atoms with Crippen molar-refractivity contribution in [3.05, 3.63) is 88.9 Å². The lowest BCUT2D eigenvalue weighted by Gasteiger charge is -2.09. The minimum absolute atomic E-state index is 0.0548. The highest BCUT2D eigenvalue weighted by molar-refractivity contribution is 7.92. The molecule has 0 radical (unpaired) electrons. The van der Waals surface area contributed by atoms with Gasteiger partial charge in [-0.2, -0.15) is 5.10 Å². The number of benzene rings is 3. The highest BCUT2D eigenvalue weighted by Gasteiger charge is 2.16. The number of amides is 1. The van der Waals surface area contributed by atoms with Crippen molar-refractivity contribution in [1.29, 1.82) is 0 Å². The second-order valence-corrected chi connectivity index (χ2v) is 8.43. The van der Waals surface area contributed by atoms with Gasteiger partial charge in [0.2, 0.25) is 0 Å². The van der Waals surface area contributed by atoms with Crippen LogP contribution in [0.2, 0.25) is 5.02 Å². The Balaban J connectivity index is 1.72. The monoisotopic (exact) mass is 457 g/mol. The van der Waals surface area contributed by atoms with Gasteiger partial charge in [0.15, 0.2) is 0 Å². The number of anilines is 1. The summed E-state index contributed by atoms with van der Waals surface area (Å²) in [7, 11) is -3.89. The van der Waals surface area contributed by atoms with Gasteiger partial charge < -0.3 is 4.74 Å². The number of nitrogens with zero attached hydrogens (tertiary/aromatic N) is 1. The Morgan fingerprint density at radius 2 is 1.81 bits per heavy atom. The van der Waals surface area contributed by atoms with E-state index in [0.29, 0.717) is 28.6 Å². The fraction of sp³-hybridized carbons (Fsp3) is 0.0909. The van der Waals surface area contributed by atoms with Crippen molar-refractivity contribution in [3.8, 4) is 5.75 Å². The Morgan fingerprint density at radius 1 is 1.06 bits per heavy atom. The minimum Gasteiger partial charge on any atom is -0.493 e. The molecule has 0 saturated carbocycles. The zero-order chi connectivity index (χ0) is 22.3. The van der Waals surface area contributed by atoms with Gasteiger partial charge in [-0.3, -0.25) is 9.52 Å². The van der Waals surface area contributed by atoms with Gasteiger partial charge in [-0.05, 0) is 61.5 Å². The van der Waals surface area contributed by atoms with Crippen molar-refractivity contribution in [2.45, 2.75) is 11.8 Å². The number of hydrazone groups is 1. The van der Waals surface area contributed by atoms with E-state index in [0.717, 1.165) is 0 Å². The van der Waals surface area contributed by atoms with Crippen LogP contribution in [0.15, 0.2) is 82.8 Å². The summed E-state index contributed by atoms with van der Waals surface area (Å²) in [6, 6.07) is 19.2. The van der Waals surface area contributed by atoms with Crippen LogP contribution in [0, 0.1) is 0 Å². The molecule has 0 atom stereocenters. The maximum atomic E-state index is 12.6. The van der Waals surface area contributed by atoms with E-state index in [1.807, 2.05) is 19.1 Å². The molecule has 0 unspecified atom stereocenters. The smallest absolute Gasteiger partial charge is 0.271 e. The molecular formula is C22H20ClN3O4S. The number of carbonyl (C=O) groups is 1. The molecule has 0 heterocycles. The summed E-state index contributed by atoms with van der Waals surface area (Å²) in [6.45, 7) is 2.38. The molecule has 31 heavy (non-hydrogen) atoms. The predicted octanol–water partition coefficient (Wildman–Crippen LogP) is 4.30. The summed E-state index contributed by atoms with van der Waals surface area (Å²) in [6.07, 6.45) is 1.46. The summed E-state index contributed by atoms with van der Waals surface area (Å²) >= 11 is 5.82. The zero-order valence-corrected chi connectivity index (χ0v) is 18.2. The molecule has 9 heteroatoms. The quantitative estimate of drug-likeness (QED) is 0.389. The molecule has 3 rings (SSSR count). The molecule has 3 aromatic carbocycles. The second-order valence-electron chi connectivity index (χ2n) is 6.31. The number of hydrogen-bond acceptors (Lipinski definition) is 5. The lowest BCUT2D eigenvalue weighted by atomic mass is 10.2. The van der Waals surface area contributed by atoms with E-state index in [4.69, 9.17) is 16.3 Å². The molecular weight excluding hydrogens is 438 g/mol. The van der Waals surface area contributed by atoms with E-state index in [2.05, 4.69) is 15.2 Å². The molecule has 1 amide bonds. The van der Waals surface area contributed by atoms with Gasteiger partial charge in [0.25, 0.3) is 15.9 Å². The maximum absolute atomic E-state index is 12.6. The van der Waals surface area contributed by atoms with Crippen LogP contribution in [0.25, 0.3) is 0 Å². The lowest BCUT2D eigenvalue weighted by Crippen LogP contribution is -2.19. The molecule has 160 valence electrons. The third-order valence-corrected chi connectivity index (χ3v) is 5.72. The second kappa shape index (κ2) is 10.1. The molecule has 2 N–H and O–H groups in total. The first-order valence-corrected chi connectivity index (χ1v) is 11.2. The van der Waals surface area contributed by atoms with Crippen molar-refractivity contribution in [1.82, 2.24) is 5.43 Å². The molecule has 0 aliphatic rings.